The van der Waals surface area contributed by atoms with Crippen LogP contribution in [0.2, 0.25) is 0 Å². The molecule has 0 aromatic carbocycles. The van der Waals surface area contributed by atoms with Crippen LogP contribution in [0.3, 0.4) is 0 Å². The van der Waals surface area contributed by atoms with Crippen LogP contribution < -0.4 is 5.32 Å². The third-order valence-electron chi connectivity index (χ3n) is 3.06. The highest BCUT2D eigenvalue weighted by atomic mass is 19.4. The molecule has 0 aromatic rings. The highest BCUT2D eigenvalue weighted by Gasteiger charge is 2.85. The normalized spacial score (nSPS) is 18.3. The molecule has 0 fully saturated rings. The Kier molecular flexibility index (Phi) is 8.08. The van der Waals surface area contributed by atoms with E-state index < -0.39 is 60.8 Å². The Morgan fingerprint density at radius 3 is 1.39 bits per heavy atom. The van der Waals surface area contributed by atoms with Crippen LogP contribution in [0.5, 0.6) is 0 Å². The average molecular weight is 535 g/mol. The van der Waals surface area contributed by atoms with E-state index in [1.807, 2.05) is 4.74 Å². The molecular weight excluding hydrogens is 529 g/mol. The molecule has 196 valence electrons. The predicted octanol–water partition coefficient (Wildman–Crippen LogP) is 5.16. The van der Waals surface area contributed by atoms with Crippen molar-refractivity contribution in [1.29, 1.82) is 0 Å². The first-order valence-corrected chi connectivity index (χ1v) is 7.15. The summed E-state index contributed by atoms with van der Waals surface area (Å²) in [6.45, 7) is 1.48. The molecule has 1 N–H and O–H groups in total. The van der Waals surface area contributed by atoms with Gasteiger partial charge in [-0.3, -0.25) is 14.3 Å². The van der Waals surface area contributed by atoms with Crippen molar-refractivity contribution >= 4 is 5.91 Å². The van der Waals surface area contributed by atoms with Gasteiger partial charge in [0, 0.05) is 6.54 Å². The number of hydrogen-bond acceptors (Lipinski definition) is 3. The van der Waals surface area contributed by atoms with Gasteiger partial charge in [-0.15, -0.1) is 6.58 Å². The Balaban J connectivity index is 6.70. The van der Waals surface area contributed by atoms with Crippen molar-refractivity contribution in [2.75, 3.05) is 6.54 Å². The lowest BCUT2D eigenvalue weighted by Gasteiger charge is -2.40. The highest BCUT2D eigenvalue weighted by molar-refractivity contribution is 5.84. The molecule has 0 unspecified atom stereocenters. The van der Waals surface area contributed by atoms with Crippen molar-refractivity contribution in [2.24, 2.45) is 0 Å². The monoisotopic (exact) mass is 535 g/mol. The molecule has 21 heteroatoms. The van der Waals surface area contributed by atoms with Gasteiger partial charge in [-0.1, -0.05) is 6.08 Å². The summed E-state index contributed by atoms with van der Waals surface area (Å²) in [6, 6.07) is 0. The summed E-state index contributed by atoms with van der Waals surface area (Å²) < 4.78 is 221. The van der Waals surface area contributed by atoms with Gasteiger partial charge in [0.2, 0.25) is 0 Å². The lowest BCUT2D eigenvalue weighted by atomic mass is 10.2. The minimum atomic E-state index is -8.03. The van der Waals surface area contributed by atoms with Gasteiger partial charge >= 0.3 is 48.4 Å². The summed E-state index contributed by atoms with van der Waals surface area (Å²) >= 11 is 0. The van der Waals surface area contributed by atoms with Crippen LogP contribution in [-0.4, -0.2) is 60.8 Å². The largest absolute Gasteiger partial charge is 0.462 e. The predicted molar refractivity (Wildman–Crippen MR) is 66.1 cm³/mol. The van der Waals surface area contributed by atoms with Crippen molar-refractivity contribution in [1.82, 2.24) is 5.32 Å². The summed E-state index contributed by atoms with van der Waals surface area (Å²) in [4.78, 5) is 11.1. The van der Waals surface area contributed by atoms with Crippen LogP contribution in [0, 0.1) is 0 Å². The lowest BCUT2D eigenvalue weighted by Crippen LogP contribution is -2.68. The van der Waals surface area contributed by atoms with Crippen molar-refractivity contribution in [3.8, 4) is 0 Å². The Labute approximate surface area is 169 Å². The molecule has 0 rings (SSSR count). The van der Waals surface area contributed by atoms with Gasteiger partial charge in [-0.05, 0) is 0 Å². The second kappa shape index (κ2) is 8.62. The Bertz CT molecular complexity index is 726. The third kappa shape index (κ3) is 5.54. The van der Waals surface area contributed by atoms with Crippen molar-refractivity contribution < 1.29 is 88.9 Å². The first-order valence-electron chi connectivity index (χ1n) is 7.15. The van der Waals surface area contributed by atoms with Gasteiger partial charge < -0.3 is 5.32 Å². The van der Waals surface area contributed by atoms with E-state index in [0.717, 1.165) is 0 Å². The number of amides is 1. The number of rotatable bonds is 9. The maximum absolute atomic E-state index is 13.9. The summed E-state index contributed by atoms with van der Waals surface area (Å²) in [5, 5.41) is 0.713. The van der Waals surface area contributed by atoms with Crippen LogP contribution in [0.25, 0.3) is 0 Å². The van der Waals surface area contributed by atoms with Crippen LogP contribution in [0.1, 0.15) is 0 Å². The summed E-state index contributed by atoms with van der Waals surface area (Å²) in [6.07, 6.45) is -38.0. The molecule has 0 aromatic heterocycles. The second-order valence-corrected chi connectivity index (χ2v) is 5.49. The molecule has 0 aliphatic heterocycles. The number of alkyl halides is 17. The molecule has 0 heterocycles. The Hall–Kier alpha value is -2.06. The van der Waals surface area contributed by atoms with Crippen molar-refractivity contribution in [3.05, 3.63) is 12.7 Å². The van der Waals surface area contributed by atoms with Crippen LogP contribution in [-0.2, 0) is 14.3 Å². The van der Waals surface area contributed by atoms with E-state index >= 15 is 0 Å². The topological polar surface area (TPSA) is 47.6 Å². The fourth-order valence-corrected chi connectivity index (χ4v) is 1.44. The van der Waals surface area contributed by atoms with Gasteiger partial charge in [0.15, 0.2) is 0 Å². The van der Waals surface area contributed by atoms with E-state index in [1.165, 1.54) is 4.74 Å². The van der Waals surface area contributed by atoms with Gasteiger partial charge in [0.1, 0.15) is 0 Å². The Morgan fingerprint density at radius 2 is 1.09 bits per heavy atom. The summed E-state index contributed by atoms with van der Waals surface area (Å²) in [5.41, 5.74) is 0. The highest BCUT2D eigenvalue weighted by Crippen LogP contribution is 2.56. The van der Waals surface area contributed by atoms with E-state index in [2.05, 4.69) is 6.58 Å². The van der Waals surface area contributed by atoms with Crippen LogP contribution in [0.15, 0.2) is 12.7 Å². The van der Waals surface area contributed by atoms with Gasteiger partial charge in [-0.2, -0.15) is 74.6 Å². The van der Waals surface area contributed by atoms with E-state index in [-0.39, 0.29) is 0 Å². The van der Waals surface area contributed by atoms with Gasteiger partial charge in [0.25, 0.3) is 5.91 Å². The number of nitrogens with one attached hydrogen (secondary N) is 1. The van der Waals surface area contributed by atoms with Crippen LogP contribution >= 0.6 is 0 Å². The van der Waals surface area contributed by atoms with Crippen LogP contribution in [0.4, 0.5) is 74.6 Å². The zero-order chi connectivity index (χ0) is 27.1. The van der Waals surface area contributed by atoms with Crippen molar-refractivity contribution in [2.45, 2.75) is 48.4 Å². The first-order chi connectivity index (χ1) is 14.1. The molecule has 1 amide bonds. The minimum absolute atomic E-state index is 0.422. The molecular formula is C12H6F17NO3. The lowest BCUT2D eigenvalue weighted by molar-refractivity contribution is -0.548. The maximum atomic E-state index is 13.9. The van der Waals surface area contributed by atoms with E-state index in [9.17, 15) is 79.4 Å². The molecule has 33 heavy (non-hydrogen) atoms. The smallest absolute Gasteiger partial charge is 0.347 e. The van der Waals surface area contributed by atoms with E-state index in [1.54, 1.807) is 0 Å². The molecule has 0 bridgehead atoms. The standard InChI is InChI=1S/C12H6F17NO3/c1-2-3-30-4(31)5(13,8(17,18)19)32-12(28,29)7(16,10(23,24)25)33-11(26,27)6(14,15)9(20,21)22/h2H,1,3H2,(H,30,31)/t5-,7-/m0/s1. The molecule has 2 atom stereocenters. The molecule has 0 saturated carbocycles. The second-order valence-electron chi connectivity index (χ2n) is 5.49. The SMILES string of the molecule is C=CCNC(=O)[C@](F)(OC(F)(F)[C@@](F)(OC(F)(F)C(F)(F)C(F)(F)F)C(F)(F)F)C(F)(F)F. The number of ether oxygens (including phenoxy) is 2. The molecule has 0 saturated heterocycles. The minimum Gasteiger partial charge on any atom is -0.347 e. The summed E-state index contributed by atoms with van der Waals surface area (Å²) in [7, 11) is 0. The molecule has 0 aliphatic rings. The fourth-order valence-electron chi connectivity index (χ4n) is 1.44. The molecule has 0 aliphatic carbocycles. The number of carbonyl (C=O) groups is 1. The fraction of sp³-hybridized carbons (Fsp3) is 0.750. The van der Waals surface area contributed by atoms with E-state index in [4.69, 9.17) is 0 Å². The quantitative estimate of drug-likeness (QED) is 0.328. The zero-order valence-electron chi connectivity index (χ0n) is 14.6. The zero-order valence-corrected chi connectivity index (χ0v) is 14.6. The summed E-state index contributed by atoms with van der Waals surface area (Å²) in [5.74, 6) is -26.1. The van der Waals surface area contributed by atoms with Gasteiger partial charge in [0.05, 0.1) is 0 Å². The molecule has 0 spiro atoms. The van der Waals surface area contributed by atoms with Gasteiger partial charge in [-0.25, -0.2) is 0 Å². The average Bonchev–Trinajstić information content (AvgIpc) is 2.55. The van der Waals surface area contributed by atoms with E-state index in [0.29, 0.717) is 11.4 Å². The Morgan fingerprint density at radius 1 is 0.667 bits per heavy atom. The first kappa shape index (κ1) is 30.9. The third-order valence-corrected chi connectivity index (χ3v) is 3.06. The van der Waals surface area contributed by atoms with Crippen molar-refractivity contribution in [3.63, 3.8) is 0 Å². The number of halogens is 17. The molecule has 4 nitrogen and oxygen atoms in total. The number of hydrogen-bond donors (Lipinski definition) is 1. The number of carbonyl (C=O) groups excluding carboxylic acids is 1. The molecule has 0 radical (unpaired) electrons. The maximum Gasteiger partial charge on any atom is 0.462 e.